The molecular weight excluding hydrogens is 310 g/mol. The summed E-state index contributed by atoms with van der Waals surface area (Å²) in [6, 6.07) is 3.94. The van der Waals surface area contributed by atoms with E-state index in [1.54, 1.807) is 32.0 Å². The van der Waals surface area contributed by atoms with E-state index in [1.807, 2.05) is 6.92 Å². The van der Waals surface area contributed by atoms with Crippen molar-refractivity contribution in [2.45, 2.75) is 46.6 Å². The third kappa shape index (κ3) is 5.76. The molecule has 1 rings (SSSR count). The van der Waals surface area contributed by atoms with Gasteiger partial charge in [-0.1, -0.05) is 27.2 Å². The van der Waals surface area contributed by atoms with E-state index in [2.05, 4.69) is 12.2 Å². The van der Waals surface area contributed by atoms with Crippen molar-refractivity contribution < 1.29 is 24.2 Å². The highest BCUT2D eigenvalue weighted by atomic mass is 16.5. The molecule has 2 N–H and O–H groups in total. The van der Waals surface area contributed by atoms with Crippen LogP contribution in [0, 0.1) is 5.92 Å². The molecule has 0 bridgehead atoms. The van der Waals surface area contributed by atoms with E-state index < -0.39 is 17.9 Å². The van der Waals surface area contributed by atoms with Crippen molar-refractivity contribution in [3.05, 3.63) is 23.8 Å². The summed E-state index contributed by atoms with van der Waals surface area (Å²) in [5.74, 6) is -0.646. The topological polar surface area (TPSA) is 84.9 Å². The number of hydrogen-bond donors (Lipinski definition) is 2. The SMILES string of the molecule is CCCCOc1ccc(C(=O)N[C@@H](C(=O)O)C(C)C)cc1OCC. The number of carboxylic acids is 1. The summed E-state index contributed by atoms with van der Waals surface area (Å²) >= 11 is 0. The molecule has 24 heavy (non-hydrogen) atoms. The summed E-state index contributed by atoms with van der Waals surface area (Å²) in [6.45, 7) is 8.44. The Morgan fingerprint density at radius 2 is 1.88 bits per heavy atom. The van der Waals surface area contributed by atoms with E-state index >= 15 is 0 Å². The summed E-state index contributed by atoms with van der Waals surface area (Å²) in [7, 11) is 0. The first kappa shape index (κ1) is 19.8. The Hall–Kier alpha value is -2.24. The minimum absolute atomic E-state index is 0.213. The second-order valence-electron chi connectivity index (χ2n) is 5.83. The van der Waals surface area contributed by atoms with Crippen molar-refractivity contribution in [2.24, 2.45) is 5.92 Å². The van der Waals surface area contributed by atoms with Gasteiger partial charge in [0.15, 0.2) is 11.5 Å². The second kappa shape index (κ2) is 9.80. The predicted octanol–water partition coefficient (Wildman–Crippen LogP) is 3.10. The van der Waals surface area contributed by atoms with Gasteiger partial charge in [0, 0.05) is 5.56 Å². The van der Waals surface area contributed by atoms with Gasteiger partial charge < -0.3 is 19.9 Å². The molecule has 0 aromatic heterocycles. The van der Waals surface area contributed by atoms with Crippen LogP contribution in [0.5, 0.6) is 11.5 Å². The lowest BCUT2D eigenvalue weighted by atomic mass is 10.0. The maximum Gasteiger partial charge on any atom is 0.326 e. The molecule has 0 aliphatic rings. The average molecular weight is 337 g/mol. The van der Waals surface area contributed by atoms with Gasteiger partial charge in [0.25, 0.3) is 5.91 Å². The zero-order chi connectivity index (χ0) is 18.1. The van der Waals surface area contributed by atoms with Gasteiger partial charge in [-0.25, -0.2) is 4.79 Å². The summed E-state index contributed by atoms with van der Waals surface area (Å²) in [6.07, 6.45) is 1.96. The van der Waals surface area contributed by atoms with Gasteiger partial charge in [-0.3, -0.25) is 4.79 Å². The molecule has 134 valence electrons. The molecule has 1 atom stereocenters. The maximum atomic E-state index is 12.3. The zero-order valence-corrected chi connectivity index (χ0v) is 14.8. The number of ether oxygens (including phenoxy) is 2. The number of unbranched alkanes of at least 4 members (excludes halogenated alkanes) is 1. The van der Waals surface area contributed by atoms with Gasteiger partial charge in [0.05, 0.1) is 13.2 Å². The Kier molecular flexibility index (Phi) is 8.09. The van der Waals surface area contributed by atoms with Crippen LogP contribution in [0.15, 0.2) is 18.2 Å². The molecule has 0 saturated heterocycles. The normalized spacial score (nSPS) is 11.9. The van der Waals surface area contributed by atoms with Gasteiger partial charge in [-0.2, -0.15) is 0 Å². The number of carbonyl (C=O) groups excluding carboxylic acids is 1. The van der Waals surface area contributed by atoms with Gasteiger partial charge in [0.2, 0.25) is 0 Å². The van der Waals surface area contributed by atoms with E-state index in [9.17, 15) is 14.7 Å². The first-order chi connectivity index (χ1) is 11.4. The van der Waals surface area contributed by atoms with Crippen LogP contribution in [-0.4, -0.2) is 36.2 Å². The standard InChI is InChI=1S/C18H27NO5/c1-5-7-10-24-14-9-8-13(11-15(14)23-6-2)17(20)19-16(12(3)4)18(21)22/h8-9,11-12,16H,5-7,10H2,1-4H3,(H,19,20)(H,21,22)/t16-/m1/s1. The number of rotatable bonds is 10. The monoisotopic (exact) mass is 337 g/mol. The Morgan fingerprint density at radius 3 is 2.42 bits per heavy atom. The Balaban J connectivity index is 2.92. The summed E-state index contributed by atoms with van der Waals surface area (Å²) in [4.78, 5) is 23.5. The zero-order valence-electron chi connectivity index (χ0n) is 14.8. The largest absolute Gasteiger partial charge is 0.490 e. The smallest absolute Gasteiger partial charge is 0.326 e. The van der Waals surface area contributed by atoms with Gasteiger partial charge >= 0.3 is 5.97 Å². The third-order valence-corrected chi connectivity index (χ3v) is 3.48. The Morgan fingerprint density at radius 1 is 1.17 bits per heavy atom. The van der Waals surface area contributed by atoms with Crippen molar-refractivity contribution in [1.29, 1.82) is 0 Å². The molecule has 0 aliphatic carbocycles. The van der Waals surface area contributed by atoms with Crippen molar-refractivity contribution >= 4 is 11.9 Å². The molecule has 0 fully saturated rings. The van der Waals surface area contributed by atoms with Gasteiger partial charge in [0.1, 0.15) is 6.04 Å². The highest BCUT2D eigenvalue weighted by molar-refractivity contribution is 5.97. The molecule has 1 amide bonds. The molecule has 0 heterocycles. The fourth-order valence-corrected chi connectivity index (χ4v) is 2.10. The Bertz CT molecular complexity index is 556. The van der Waals surface area contributed by atoms with Gasteiger partial charge in [-0.05, 0) is 37.5 Å². The molecule has 1 aromatic carbocycles. The molecule has 0 spiro atoms. The number of nitrogens with one attached hydrogen (secondary N) is 1. The van der Waals surface area contributed by atoms with Crippen molar-refractivity contribution in [1.82, 2.24) is 5.32 Å². The fourth-order valence-electron chi connectivity index (χ4n) is 2.10. The maximum absolute atomic E-state index is 12.3. The van der Waals surface area contributed by atoms with E-state index in [1.165, 1.54) is 0 Å². The lowest BCUT2D eigenvalue weighted by Gasteiger charge is -2.18. The van der Waals surface area contributed by atoms with Crippen LogP contribution < -0.4 is 14.8 Å². The molecule has 0 radical (unpaired) electrons. The van der Waals surface area contributed by atoms with E-state index in [0.717, 1.165) is 12.8 Å². The number of amides is 1. The molecule has 0 aliphatic heterocycles. The van der Waals surface area contributed by atoms with Crippen LogP contribution in [0.1, 0.15) is 50.9 Å². The fraction of sp³-hybridized carbons (Fsp3) is 0.556. The Labute approximate surface area is 143 Å². The molecule has 0 unspecified atom stereocenters. The summed E-state index contributed by atoms with van der Waals surface area (Å²) in [5, 5.41) is 11.7. The van der Waals surface area contributed by atoms with Crippen LogP contribution in [0.3, 0.4) is 0 Å². The third-order valence-electron chi connectivity index (χ3n) is 3.48. The van der Waals surface area contributed by atoms with Crippen molar-refractivity contribution in [3.8, 4) is 11.5 Å². The van der Waals surface area contributed by atoms with Crippen molar-refractivity contribution in [2.75, 3.05) is 13.2 Å². The van der Waals surface area contributed by atoms with Crippen LogP contribution in [0.4, 0.5) is 0 Å². The molecular formula is C18H27NO5. The quantitative estimate of drug-likeness (QED) is 0.641. The number of hydrogen-bond acceptors (Lipinski definition) is 4. The minimum atomic E-state index is -1.05. The minimum Gasteiger partial charge on any atom is -0.490 e. The lowest BCUT2D eigenvalue weighted by Crippen LogP contribution is -2.44. The van der Waals surface area contributed by atoms with Crippen LogP contribution in [0.25, 0.3) is 0 Å². The predicted molar refractivity (Wildman–Crippen MR) is 91.7 cm³/mol. The highest BCUT2D eigenvalue weighted by Crippen LogP contribution is 2.29. The molecule has 0 saturated carbocycles. The van der Waals surface area contributed by atoms with E-state index in [0.29, 0.717) is 30.3 Å². The van der Waals surface area contributed by atoms with Crippen LogP contribution >= 0.6 is 0 Å². The first-order valence-electron chi connectivity index (χ1n) is 8.34. The van der Waals surface area contributed by atoms with E-state index in [-0.39, 0.29) is 5.92 Å². The second-order valence-corrected chi connectivity index (χ2v) is 5.83. The van der Waals surface area contributed by atoms with E-state index in [4.69, 9.17) is 9.47 Å². The molecule has 6 nitrogen and oxygen atoms in total. The number of benzene rings is 1. The summed E-state index contributed by atoms with van der Waals surface area (Å²) < 4.78 is 11.2. The molecule has 6 heteroatoms. The van der Waals surface area contributed by atoms with Crippen LogP contribution in [-0.2, 0) is 4.79 Å². The van der Waals surface area contributed by atoms with Crippen LogP contribution in [0.2, 0.25) is 0 Å². The van der Waals surface area contributed by atoms with Gasteiger partial charge in [-0.15, -0.1) is 0 Å². The van der Waals surface area contributed by atoms with Crippen molar-refractivity contribution in [3.63, 3.8) is 0 Å². The number of aliphatic carboxylic acids is 1. The first-order valence-corrected chi connectivity index (χ1v) is 8.34. The lowest BCUT2D eigenvalue weighted by molar-refractivity contribution is -0.140. The number of carbonyl (C=O) groups is 2. The average Bonchev–Trinajstić information content (AvgIpc) is 2.53. The highest BCUT2D eigenvalue weighted by Gasteiger charge is 2.24. The number of carboxylic acid groups (broad SMARTS) is 1. The molecule has 1 aromatic rings. The summed E-state index contributed by atoms with van der Waals surface area (Å²) in [5.41, 5.74) is 0.341.